The summed E-state index contributed by atoms with van der Waals surface area (Å²) < 4.78 is 16.3. The molecule has 0 fully saturated rings. The van der Waals surface area contributed by atoms with Crippen LogP contribution in [0.4, 0.5) is 4.39 Å². The summed E-state index contributed by atoms with van der Waals surface area (Å²) in [6.45, 7) is 3.87. The van der Waals surface area contributed by atoms with Gasteiger partial charge in [0.15, 0.2) is 0 Å². The zero-order valence-corrected chi connectivity index (χ0v) is 10.2. The van der Waals surface area contributed by atoms with Crippen molar-refractivity contribution in [3.8, 4) is 0 Å². The van der Waals surface area contributed by atoms with Crippen molar-refractivity contribution in [3.05, 3.63) is 0 Å². The Hall–Kier alpha value is -0.350. The molecule has 15 heavy (non-hydrogen) atoms. The Morgan fingerprint density at radius 1 is 1.47 bits per heavy atom. The number of esters is 1. The molecule has 0 rings (SSSR count). The maximum absolute atomic E-state index is 11.7. The zero-order chi connectivity index (χ0) is 11.0. The lowest BCUT2D eigenvalue weighted by atomic mass is 9.94. The van der Waals surface area contributed by atoms with Crippen molar-refractivity contribution in [2.24, 2.45) is 17.6 Å². The Balaban J connectivity index is 0. The van der Waals surface area contributed by atoms with Gasteiger partial charge in [0, 0.05) is 6.42 Å². The van der Waals surface area contributed by atoms with Crippen molar-refractivity contribution in [2.45, 2.75) is 26.7 Å². The van der Waals surface area contributed by atoms with Crippen molar-refractivity contribution in [3.63, 3.8) is 0 Å². The molecule has 0 bridgehead atoms. The number of alkyl halides is 1. The van der Waals surface area contributed by atoms with E-state index in [9.17, 15) is 9.18 Å². The Kier molecular flexibility index (Phi) is 11.6. The summed E-state index contributed by atoms with van der Waals surface area (Å²) in [6.07, 6.45) is 1.20. The van der Waals surface area contributed by atoms with E-state index < -0.39 is 6.67 Å². The molecule has 0 amide bonds. The molecule has 92 valence electrons. The van der Waals surface area contributed by atoms with E-state index in [1.54, 1.807) is 0 Å². The largest absolute Gasteiger partial charge is 0.463 e. The monoisotopic (exact) mass is 241 g/mol. The molecule has 0 spiro atoms. The normalized spacial score (nSPS) is 12.1. The Bertz CT molecular complexity index is 168. The molecule has 0 aromatic carbocycles. The van der Waals surface area contributed by atoms with Gasteiger partial charge in [0.1, 0.15) is 13.3 Å². The summed E-state index contributed by atoms with van der Waals surface area (Å²) in [5.74, 6) is 0.318. The average molecular weight is 242 g/mol. The van der Waals surface area contributed by atoms with Crippen molar-refractivity contribution < 1.29 is 13.9 Å². The third-order valence-electron chi connectivity index (χ3n) is 1.93. The third kappa shape index (κ3) is 9.94. The van der Waals surface area contributed by atoms with E-state index in [-0.39, 0.29) is 30.9 Å². The van der Waals surface area contributed by atoms with Crippen LogP contribution in [0.2, 0.25) is 0 Å². The molecule has 0 saturated carbocycles. The van der Waals surface area contributed by atoms with Gasteiger partial charge in [0.2, 0.25) is 0 Å². The van der Waals surface area contributed by atoms with Crippen molar-refractivity contribution in [1.29, 1.82) is 0 Å². The molecular formula is C10H21ClFNO2. The first-order valence-corrected chi connectivity index (χ1v) is 5.01. The number of hydrogen-bond donors (Lipinski definition) is 1. The topological polar surface area (TPSA) is 52.3 Å². The molecule has 0 aliphatic heterocycles. The number of nitrogens with two attached hydrogens (primary N) is 1. The second kappa shape index (κ2) is 10.2. The van der Waals surface area contributed by atoms with Gasteiger partial charge >= 0.3 is 5.97 Å². The summed E-state index contributed by atoms with van der Waals surface area (Å²) in [7, 11) is 0. The van der Waals surface area contributed by atoms with Crippen LogP contribution in [0.5, 0.6) is 0 Å². The van der Waals surface area contributed by atoms with E-state index in [4.69, 9.17) is 5.73 Å². The minimum atomic E-state index is -0.622. The number of hydrogen-bond acceptors (Lipinski definition) is 3. The van der Waals surface area contributed by atoms with Gasteiger partial charge in [0.05, 0.1) is 0 Å². The molecule has 0 aromatic rings. The molecule has 0 saturated heterocycles. The van der Waals surface area contributed by atoms with Gasteiger partial charge in [-0.2, -0.15) is 0 Å². The van der Waals surface area contributed by atoms with Crippen LogP contribution in [-0.2, 0) is 9.53 Å². The first kappa shape index (κ1) is 17.1. The van der Waals surface area contributed by atoms with Crippen molar-refractivity contribution >= 4 is 18.4 Å². The van der Waals surface area contributed by atoms with E-state index in [1.165, 1.54) is 0 Å². The summed E-state index contributed by atoms with van der Waals surface area (Å²) >= 11 is 0. The highest BCUT2D eigenvalue weighted by Crippen LogP contribution is 2.14. The number of halogens is 2. The molecular weight excluding hydrogens is 221 g/mol. The lowest BCUT2D eigenvalue weighted by molar-refractivity contribution is -0.145. The van der Waals surface area contributed by atoms with E-state index in [0.29, 0.717) is 18.9 Å². The summed E-state index contributed by atoms with van der Waals surface area (Å²) in [5.41, 5.74) is 5.52. The van der Waals surface area contributed by atoms with Crippen LogP contribution in [-0.4, -0.2) is 25.8 Å². The average Bonchev–Trinajstić information content (AvgIpc) is 2.12. The zero-order valence-electron chi connectivity index (χ0n) is 9.37. The van der Waals surface area contributed by atoms with Crippen LogP contribution >= 0.6 is 12.4 Å². The van der Waals surface area contributed by atoms with E-state index >= 15 is 0 Å². The van der Waals surface area contributed by atoms with Gasteiger partial charge in [-0.25, -0.2) is 4.39 Å². The van der Waals surface area contributed by atoms with Crippen LogP contribution in [0, 0.1) is 11.8 Å². The molecule has 1 atom stereocenters. The fourth-order valence-electron chi connectivity index (χ4n) is 1.38. The first-order chi connectivity index (χ1) is 6.60. The number of rotatable bonds is 7. The smallest absolute Gasteiger partial charge is 0.306 e. The fraction of sp³-hybridized carbons (Fsp3) is 0.900. The van der Waals surface area contributed by atoms with E-state index in [1.807, 2.05) is 0 Å². The van der Waals surface area contributed by atoms with Crippen LogP contribution in [0.1, 0.15) is 26.7 Å². The maximum Gasteiger partial charge on any atom is 0.306 e. The molecule has 0 heterocycles. The third-order valence-corrected chi connectivity index (χ3v) is 1.93. The van der Waals surface area contributed by atoms with Crippen molar-refractivity contribution in [1.82, 2.24) is 0 Å². The molecule has 0 aromatic heterocycles. The molecule has 0 unspecified atom stereocenters. The van der Waals surface area contributed by atoms with Gasteiger partial charge in [-0.05, 0) is 24.8 Å². The summed E-state index contributed by atoms with van der Waals surface area (Å²) in [4.78, 5) is 11.1. The minimum absolute atomic E-state index is 0. The van der Waals surface area contributed by atoms with Crippen LogP contribution < -0.4 is 5.73 Å². The molecule has 0 aliphatic rings. The van der Waals surface area contributed by atoms with Crippen molar-refractivity contribution in [2.75, 3.05) is 19.8 Å². The second-order valence-corrected chi connectivity index (χ2v) is 3.84. The summed E-state index contributed by atoms with van der Waals surface area (Å²) in [6, 6.07) is 0. The highest BCUT2D eigenvalue weighted by molar-refractivity contribution is 5.85. The molecule has 3 nitrogen and oxygen atoms in total. The van der Waals surface area contributed by atoms with Gasteiger partial charge in [-0.3, -0.25) is 4.79 Å². The highest BCUT2D eigenvalue weighted by atomic mass is 35.5. The first-order valence-electron chi connectivity index (χ1n) is 5.01. The Morgan fingerprint density at radius 3 is 2.47 bits per heavy atom. The standard InChI is InChI=1S/C10H20FNO2.ClH/c1-8(2)5-9(7-12)6-10(13)14-4-3-11;/h8-9H,3-7,12H2,1-2H3;1H/t9-;/m0./s1. The second-order valence-electron chi connectivity index (χ2n) is 3.84. The predicted octanol–water partition coefficient (Wildman–Crippen LogP) is 1.93. The van der Waals surface area contributed by atoms with Gasteiger partial charge in [-0.1, -0.05) is 13.8 Å². The van der Waals surface area contributed by atoms with Crippen LogP contribution in [0.3, 0.4) is 0 Å². The van der Waals surface area contributed by atoms with Gasteiger partial charge in [0.25, 0.3) is 0 Å². The van der Waals surface area contributed by atoms with E-state index in [2.05, 4.69) is 18.6 Å². The quantitative estimate of drug-likeness (QED) is 0.693. The molecule has 0 aliphatic carbocycles. The SMILES string of the molecule is CC(C)C[C@H](CN)CC(=O)OCCF.Cl. The predicted molar refractivity (Wildman–Crippen MR) is 60.8 cm³/mol. The van der Waals surface area contributed by atoms with Crippen LogP contribution in [0.15, 0.2) is 0 Å². The number of carbonyl (C=O) groups is 1. The maximum atomic E-state index is 11.7. The minimum Gasteiger partial charge on any atom is -0.463 e. The molecule has 0 radical (unpaired) electrons. The summed E-state index contributed by atoms with van der Waals surface area (Å²) in [5, 5.41) is 0. The Labute approximate surface area is 97.0 Å². The highest BCUT2D eigenvalue weighted by Gasteiger charge is 2.14. The molecule has 5 heteroatoms. The number of ether oxygens (including phenoxy) is 1. The van der Waals surface area contributed by atoms with Crippen LogP contribution in [0.25, 0.3) is 0 Å². The molecule has 2 N–H and O–H groups in total. The number of carbonyl (C=O) groups excluding carboxylic acids is 1. The van der Waals surface area contributed by atoms with Gasteiger partial charge in [-0.15, -0.1) is 12.4 Å². The van der Waals surface area contributed by atoms with E-state index in [0.717, 1.165) is 6.42 Å². The van der Waals surface area contributed by atoms with Gasteiger partial charge < -0.3 is 10.5 Å². The Morgan fingerprint density at radius 2 is 2.07 bits per heavy atom. The lowest BCUT2D eigenvalue weighted by Crippen LogP contribution is -2.21. The lowest BCUT2D eigenvalue weighted by Gasteiger charge is -2.15. The fourth-order valence-corrected chi connectivity index (χ4v) is 1.38.